The summed E-state index contributed by atoms with van der Waals surface area (Å²) >= 11 is 4.83. The Morgan fingerprint density at radius 2 is 1.81 bits per heavy atom. The molecule has 0 aliphatic carbocycles. The Morgan fingerprint density at radius 1 is 1.10 bits per heavy atom. The highest BCUT2D eigenvalue weighted by molar-refractivity contribution is 9.10. The smallest absolute Gasteiger partial charge is 0.421 e. The average Bonchev–Trinajstić information content (AvgIpc) is 3.41. The minimum Gasteiger partial charge on any atom is -0.443 e. The molecule has 2 heterocycles. The number of benzene rings is 2. The van der Waals surface area contributed by atoms with Gasteiger partial charge in [-0.3, -0.25) is 0 Å². The van der Waals surface area contributed by atoms with Gasteiger partial charge in [0, 0.05) is 33.5 Å². The Hall–Kier alpha value is -2.97. The quantitative estimate of drug-likeness (QED) is 0.310. The Bertz CT molecular complexity index is 1160. The molecule has 2 aromatic heterocycles. The zero-order chi connectivity index (χ0) is 22.0. The number of thiazole rings is 1. The van der Waals surface area contributed by atoms with Crippen molar-refractivity contribution in [2.24, 2.45) is 0 Å². The number of aromatic nitrogens is 3. The van der Waals surface area contributed by atoms with E-state index in [2.05, 4.69) is 20.9 Å². The van der Waals surface area contributed by atoms with Crippen LogP contribution in [0.15, 0.2) is 77.1 Å². The van der Waals surface area contributed by atoms with Crippen LogP contribution < -0.4 is 4.90 Å². The van der Waals surface area contributed by atoms with E-state index >= 15 is 0 Å². The summed E-state index contributed by atoms with van der Waals surface area (Å²) in [6, 6.07) is 15.5. The van der Waals surface area contributed by atoms with E-state index in [1.54, 1.807) is 12.5 Å². The molecule has 0 fully saturated rings. The number of rotatable bonds is 4. The molecule has 2 aromatic carbocycles. The fraction of sp³-hybridized carbons (Fsp3) is 0.174. The molecule has 1 amide bonds. The predicted molar refractivity (Wildman–Crippen MR) is 127 cm³/mol. The first kappa shape index (κ1) is 21.3. The standard InChI is InChI=1S/C23H21BrN4O2S/c1-23(2,3)30-22(29)28(19-10-6-17(24)7-11-19)21-26-20(14-31-21)16-4-8-18(9-5-16)27-13-12-25-15-27/h4-15H,1-3H3. The molecule has 0 radical (unpaired) electrons. The molecule has 0 N–H and O–H groups in total. The molecule has 0 atom stereocenters. The van der Waals surface area contributed by atoms with E-state index < -0.39 is 11.7 Å². The van der Waals surface area contributed by atoms with E-state index in [1.165, 1.54) is 16.2 Å². The molecule has 0 spiro atoms. The number of halogens is 1. The van der Waals surface area contributed by atoms with Gasteiger partial charge in [-0.2, -0.15) is 0 Å². The molecule has 31 heavy (non-hydrogen) atoms. The molecule has 158 valence electrons. The van der Waals surface area contributed by atoms with Crippen LogP contribution in [0.3, 0.4) is 0 Å². The summed E-state index contributed by atoms with van der Waals surface area (Å²) in [5, 5.41) is 2.49. The second-order valence-corrected chi connectivity index (χ2v) is 9.58. The highest BCUT2D eigenvalue weighted by Crippen LogP contribution is 2.34. The van der Waals surface area contributed by atoms with Crippen molar-refractivity contribution in [3.05, 3.63) is 77.1 Å². The summed E-state index contributed by atoms with van der Waals surface area (Å²) in [6.45, 7) is 5.54. The lowest BCUT2D eigenvalue weighted by atomic mass is 10.1. The van der Waals surface area contributed by atoms with E-state index in [0.717, 1.165) is 21.4 Å². The highest BCUT2D eigenvalue weighted by atomic mass is 79.9. The summed E-state index contributed by atoms with van der Waals surface area (Å²) in [4.78, 5) is 23.3. The molecular formula is C23H21BrN4O2S. The molecule has 4 rings (SSSR count). The number of carbonyl (C=O) groups is 1. The maximum Gasteiger partial charge on any atom is 0.421 e. The van der Waals surface area contributed by atoms with Crippen LogP contribution in [-0.4, -0.2) is 26.2 Å². The lowest BCUT2D eigenvalue weighted by Crippen LogP contribution is -2.33. The van der Waals surface area contributed by atoms with Gasteiger partial charge in [0.1, 0.15) is 5.60 Å². The van der Waals surface area contributed by atoms with Crippen molar-refractivity contribution in [2.45, 2.75) is 26.4 Å². The van der Waals surface area contributed by atoms with Gasteiger partial charge in [0.25, 0.3) is 0 Å². The van der Waals surface area contributed by atoms with Crippen molar-refractivity contribution < 1.29 is 9.53 Å². The van der Waals surface area contributed by atoms with E-state index in [4.69, 9.17) is 9.72 Å². The average molecular weight is 497 g/mol. The third-order valence-electron chi connectivity index (χ3n) is 4.31. The number of nitrogens with zero attached hydrogens (tertiary/aromatic N) is 4. The maximum atomic E-state index is 13.0. The number of imidazole rings is 1. The normalized spacial score (nSPS) is 11.4. The molecule has 0 aliphatic heterocycles. The van der Waals surface area contributed by atoms with E-state index in [-0.39, 0.29) is 0 Å². The van der Waals surface area contributed by atoms with Gasteiger partial charge in [0.2, 0.25) is 0 Å². The second kappa shape index (κ2) is 8.64. The number of ether oxygens (including phenoxy) is 1. The van der Waals surface area contributed by atoms with Crippen LogP contribution in [-0.2, 0) is 4.74 Å². The lowest BCUT2D eigenvalue weighted by Gasteiger charge is -2.25. The number of amides is 1. The molecule has 4 aromatic rings. The summed E-state index contributed by atoms with van der Waals surface area (Å²) in [6.07, 6.45) is 4.93. The van der Waals surface area contributed by atoms with Crippen molar-refractivity contribution >= 4 is 44.2 Å². The van der Waals surface area contributed by atoms with Crippen molar-refractivity contribution in [3.63, 3.8) is 0 Å². The summed E-state index contributed by atoms with van der Waals surface area (Å²) in [5.41, 5.74) is 2.85. The number of anilines is 2. The minimum absolute atomic E-state index is 0.467. The van der Waals surface area contributed by atoms with Crippen LogP contribution in [0.5, 0.6) is 0 Å². The minimum atomic E-state index is -0.617. The van der Waals surface area contributed by atoms with Gasteiger partial charge in [-0.05, 0) is 57.2 Å². The zero-order valence-corrected chi connectivity index (χ0v) is 19.7. The molecule has 0 saturated heterocycles. The Kier molecular flexibility index (Phi) is 5.93. The largest absolute Gasteiger partial charge is 0.443 e. The number of hydrogen-bond acceptors (Lipinski definition) is 5. The monoisotopic (exact) mass is 496 g/mol. The van der Waals surface area contributed by atoms with Crippen molar-refractivity contribution in [1.29, 1.82) is 0 Å². The van der Waals surface area contributed by atoms with Gasteiger partial charge >= 0.3 is 6.09 Å². The SMILES string of the molecule is CC(C)(C)OC(=O)N(c1ccc(Br)cc1)c1nc(-c2ccc(-n3ccnc3)cc2)cs1. The van der Waals surface area contributed by atoms with Crippen LogP contribution in [0.2, 0.25) is 0 Å². The topological polar surface area (TPSA) is 60.2 Å². The Labute approximate surface area is 193 Å². The second-order valence-electron chi connectivity index (χ2n) is 7.82. The van der Waals surface area contributed by atoms with E-state index in [0.29, 0.717) is 10.8 Å². The first-order chi connectivity index (χ1) is 14.8. The van der Waals surface area contributed by atoms with E-state index in [9.17, 15) is 4.79 Å². The van der Waals surface area contributed by atoms with Gasteiger partial charge in [0.15, 0.2) is 5.13 Å². The molecule has 0 saturated carbocycles. The van der Waals surface area contributed by atoms with Crippen LogP contribution >= 0.6 is 27.3 Å². The number of carbonyl (C=O) groups excluding carboxylic acids is 1. The van der Waals surface area contributed by atoms with Gasteiger partial charge < -0.3 is 9.30 Å². The van der Waals surface area contributed by atoms with Crippen molar-refractivity contribution in [2.75, 3.05) is 4.90 Å². The van der Waals surface area contributed by atoms with Crippen molar-refractivity contribution in [1.82, 2.24) is 14.5 Å². The van der Waals surface area contributed by atoms with Gasteiger partial charge in [-0.15, -0.1) is 11.3 Å². The third-order valence-corrected chi connectivity index (χ3v) is 5.66. The summed E-state index contributed by atoms with van der Waals surface area (Å²) in [7, 11) is 0. The van der Waals surface area contributed by atoms with Gasteiger partial charge in [-0.1, -0.05) is 28.1 Å². The van der Waals surface area contributed by atoms with Crippen LogP contribution in [0, 0.1) is 0 Å². The highest BCUT2D eigenvalue weighted by Gasteiger charge is 2.27. The van der Waals surface area contributed by atoms with Crippen LogP contribution in [0.1, 0.15) is 20.8 Å². The predicted octanol–water partition coefficient (Wildman–Crippen LogP) is 6.83. The first-order valence-corrected chi connectivity index (χ1v) is 11.3. The summed E-state index contributed by atoms with van der Waals surface area (Å²) < 4.78 is 8.51. The molecule has 0 aliphatic rings. The summed E-state index contributed by atoms with van der Waals surface area (Å²) in [5.74, 6) is 0. The fourth-order valence-electron chi connectivity index (χ4n) is 2.91. The van der Waals surface area contributed by atoms with Crippen molar-refractivity contribution in [3.8, 4) is 16.9 Å². The lowest BCUT2D eigenvalue weighted by molar-refractivity contribution is 0.0599. The van der Waals surface area contributed by atoms with Crippen LogP contribution in [0.25, 0.3) is 16.9 Å². The fourth-order valence-corrected chi connectivity index (χ4v) is 4.01. The molecular weight excluding hydrogens is 476 g/mol. The third kappa shape index (κ3) is 5.03. The van der Waals surface area contributed by atoms with E-state index in [1.807, 2.05) is 85.4 Å². The molecule has 8 heteroatoms. The van der Waals surface area contributed by atoms with Crippen LogP contribution in [0.4, 0.5) is 15.6 Å². The maximum absolute atomic E-state index is 13.0. The molecule has 0 bridgehead atoms. The zero-order valence-electron chi connectivity index (χ0n) is 17.3. The van der Waals surface area contributed by atoms with Gasteiger partial charge in [-0.25, -0.2) is 19.7 Å². The molecule has 6 nitrogen and oxygen atoms in total. The Morgan fingerprint density at radius 3 is 2.42 bits per heavy atom. The number of hydrogen-bond donors (Lipinski definition) is 0. The Balaban J connectivity index is 1.65. The van der Waals surface area contributed by atoms with Gasteiger partial charge in [0.05, 0.1) is 17.7 Å². The molecule has 0 unspecified atom stereocenters. The first-order valence-electron chi connectivity index (χ1n) is 9.63.